The molecule has 0 aliphatic heterocycles. The third-order valence-corrected chi connectivity index (χ3v) is 2.92. The van der Waals surface area contributed by atoms with Crippen LogP contribution in [0.1, 0.15) is 25.5 Å². The summed E-state index contributed by atoms with van der Waals surface area (Å²) < 4.78 is 28.4. The molecule has 2 unspecified atom stereocenters. The number of benzene rings is 1. The van der Waals surface area contributed by atoms with Gasteiger partial charge >= 0.3 is 6.61 Å². The van der Waals surface area contributed by atoms with Gasteiger partial charge in [-0.15, -0.1) is 0 Å². The lowest BCUT2D eigenvalue weighted by atomic mass is 10.1. The second kappa shape index (κ2) is 7.19. The van der Waals surface area contributed by atoms with Crippen LogP contribution in [-0.4, -0.2) is 37.6 Å². The van der Waals surface area contributed by atoms with E-state index in [2.05, 4.69) is 10.1 Å². The van der Waals surface area contributed by atoms with Crippen molar-refractivity contribution in [2.24, 2.45) is 0 Å². The second-order valence-corrected chi connectivity index (χ2v) is 4.79. The van der Waals surface area contributed by atoms with Gasteiger partial charge in [0, 0.05) is 20.1 Å². The predicted octanol–water partition coefficient (Wildman–Crippen LogP) is 2.42. The maximum Gasteiger partial charge on any atom is 0.387 e. The molecule has 1 N–H and O–H groups in total. The standard InChI is InChI=1S/C14H20F2N2O2/c1-9(17-10(2)13(19)18(3)4)11-5-7-12(8-6-11)20-14(15)16/h5-10,14,17H,1-4H3. The van der Waals surface area contributed by atoms with Crippen molar-refractivity contribution < 1.29 is 18.3 Å². The number of likely N-dealkylation sites (N-methyl/N-ethyl adjacent to an activating group) is 1. The summed E-state index contributed by atoms with van der Waals surface area (Å²) >= 11 is 0. The first kappa shape index (κ1) is 16.4. The number of nitrogens with one attached hydrogen (secondary N) is 1. The van der Waals surface area contributed by atoms with Crippen molar-refractivity contribution in [2.75, 3.05) is 14.1 Å². The monoisotopic (exact) mass is 286 g/mol. The van der Waals surface area contributed by atoms with E-state index in [1.165, 1.54) is 17.0 Å². The summed E-state index contributed by atoms with van der Waals surface area (Å²) in [5.41, 5.74) is 0.894. The highest BCUT2D eigenvalue weighted by atomic mass is 19.3. The fraction of sp³-hybridized carbons (Fsp3) is 0.500. The summed E-state index contributed by atoms with van der Waals surface area (Å²) in [6.07, 6.45) is 0. The quantitative estimate of drug-likeness (QED) is 0.873. The molecule has 112 valence electrons. The molecule has 0 aromatic heterocycles. The Morgan fingerprint density at radius 2 is 1.75 bits per heavy atom. The van der Waals surface area contributed by atoms with E-state index in [1.54, 1.807) is 33.2 Å². The minimum atomic E-state index is -2.82. The third-order valence-electron chi connectivity index (χ3n) is 2.92. The number of amides is 1. The lowest BCUT2D eigenvalue weighted by Gasteiger charge is -2.22. The predicted molar refractivity (Wildman–Crippen MR) is 72.8 cm³/mol. The zero-order valence-electron chi connectivity index (χ0n) is 12.1. The van der Waals surface area contributed by atoms with Crippen molar-refractivity contribution in [3.63, 3.8) is 0 Å². The van der Waals surface area contributed by atoms with E-state index in [9.17, 15) is 13.6 Å². The molecule has 1 aromatic rings. The van der Waals surface area contributed by atoms with Gasteiger partial charge in [0.2, 0.25) is 5.91 Å². The fourth-order valence-electron chi connectivity index (χ4n) is 1.87. The van der Waals surface area contributed by atoms with E-state index in [4.69, 9.17) is 0 Å². The molecule has 0 aliphatic rings. The lowest BCUT2D eigenvalue weighted by molar-refractivity contribution is -0.130. The third kappa shape index (κ3) is 4.77. The van der Waals surface area contributed by atoms with E-state index in [-0.39, 0.29) is 23.7 Å². The van der Waals surface area contributed by atoms with Crippen LogP contribution in [0.5, 0.6) is 5.75 Å². The van der Waals surface area contributed by atoms with Gasteiger partial charge in [-0.1, -0.05) is 12.1 Å². The van der Waals surface area contributed by atoms with Gasteiger partial charge in [-0.05, 0) is 31.5 Å². The molecule has 0 saturated heterocycles. The van der Waals surface area contributed by atoms with E-state index in [0.29, 0.717) is 0 Å². The highest BCUT2D eigenvalue weighted by Gasteiger charge is 2.17. The van der Waals surface area contributed by atoms with Crippen molar-refractivity contribution in [1.29, 1.82) is 0 Å². The van der Waals surface area contributed by atoms with E-state index in [1.807, 2.05) is 6.92 Å². The minimum absolute atomic E-state index is 0.0190. The van der Waals surface area contributed by atoms with Crippen LogP contribution in [0.2, 0.25) is 0 Å². The van der Waals surface area contributed by atoms with E-state index >= 15 is 0 Å². The maximum absolute atomic E-state index is 12.0. The molecule has 0 heterocycles. The Hall–Kier alpha value is -1.69. The number of nitrogens with zero attached hydrogens (tertiary/aromatic N) is 1. The summed E-state index contributed by atoms with van der Waals surface area (Å²) in [6, 6.07) is 5.97. The smallest absolute Gasteiger partial charge is 0.387 e. The SMILES string of the molecule is CC(NC(C)c1ccc(OC(F)F)cc1)C(=O)N(C)C. The lowest BCUT2D eigenvalue weighted by Crippen LogP contribution is -2.42. The van der Waals surface area contributed by atoms with E-state index in [0.717, 1.165) is 5.56 Å². The number of hydrogen-bond donors (Lipinski definition) is 1. The first-order valence-electron chi connectivity index (χ1n) is 6.33. The Morgan fingerprint density at radius 3 is 2.20 bits per heavy atom. The van der Waals surface area contributed by atoms with Gasteiger partial charge in [-0.3, -0.25) is 10.1 Å². The van der Waals surface area contributed by atoms with Crippen molar-refractivity contribution in [3.8, 4) is 5.75 Å². The number of halogens is 2. The Morgan fingerprint density at radius 1 is 1.20 bits per heavy atom. The molecule has 1 rings (SSSR count). The summed E-state index contributed by atoms with van der Waals surface area (Å²) in [4.78, 5) is 13.3. The number of hydrogen-bond acceptors (Lipinski definition) is 3. The van der Waals surface area contributed by atoms with Gasteiger partial charge in [0.15, 0.2) is 0 Å². The molecule has 0 aliphatic carbocycles. The number of ether oxygens (including phenoxy) is 1. The first-order valence-corrected chi connectivity index (χ1v) is 6.33. The van der Waals surface area contributed by atoms with Gasteiger partial charge in [0.25, 0.3) is 0 Å². The van der Waals surface area contributed by atoms with Crippen LogP contribution in [0, 0.1) is 0 Å². The maximum atomic E-state index is 12.0. The van der Waals surface area contributed by atoms with Gasteiger partial charge in [0.05, 0.1) is 6.04 Å². The minimum Gasteiger partial charge on any atom is -0.435 e. The number of carbonyl (C=O) groups is 1. The zero-order chi connectivity index (χ0) is 15.3. The van der Waals surface area contributed by atoms with Crippen molar-refractivity contribution in [3.05, 3.63) is 29.8 Å². The van der Waals surface area contributed by atoms with Crippen LogP contribution < -0.4 is 10.1 Å². The molecule has 0 fully saturated rings. The Kier molecular flexibility index (Phi) is 5.88. The topological polar surface area (TPSA) is 41.6 Å². The van der Waals surface area contributed by atoms with E-state index < -0.39 is 6.61 Å². The number of alkyl halides is 2. The Bertz CT molecular complexity index is 435. The average molecular weight is 286 g/mol. The fourth-order valence-corrected chi connectivity index (χ4v) is 1.87. The Labute approximate surface area is 117 Å². The van der Waals surface area contributed by atoms with Crippen LogP contribution in [0.25, 0.3) is 0 Å². The van der Waals surface area contributed by atoms with Crippen molar-refractivity contribution in [1.82, 2.24) is 10.2 Å². The highest BCUT2D eigenvalue weighted by molar-refractivity contribution is 5.80. The van der Waals surface area contributed by atoms with Crippen LogP contribution in [0.4, 0.5) is 8.78 Å². The highest BCUT2D eigenvalue weighted by Crippen LogP contribution is 2.19. The summed E-state index contributed by atoms with van der Waals surface area (Å²) in [5.74, 6) is 0.0999. The van der Waals surface area contributed by atoms with Gasteiger partial charge in [0.1, 0.15) is 5.75 Å². The van der Waals surface area contributed by atoms with Crippen molar-refractivity contribution in [2.45, 2.75) is 32.5 Å². The molecule has 0 saturated carbocycles. The molecule has 1 aromatic carbocycles. The molecule has 1 amide bonds. The molecule has 0 bridgehead atoms. The number of carbonyl (C=O) groups excluding carboxylic acids is 1. The molecule has 2 atom stereocenters. The number of rotatable bonds is 6. The Balaban J connectivity index is 2.63. The second-order valence-electron chi connectivity index (χ2n) is 4.79. The van der Waals surface area contributed by atoms with Crippen LogP contribution in [-0.2, 0) is 4.79 Å². The van der Waals surface area contributed by atoms with Crippen LogP contribution in [0.15, 0.2) is 24.3 Å². The summed E-state index contributed by atoms with van der Waals surface area (Å²) in [5, 5.41) is 3.16. The summed E-state index contributed by atoms with van der Waals surface area (Å²) in [6.45, 7) is 0.865. The molecular formula is C14H20F2N2O2. The van der Waals surface area contributed by atoms with Crippen LogP contribution in [0.3, 0.4) is 0 Å². The summed E-state index contributed by atoms with van der Waals surface area (Å²) in [7, 11) is 3.39. The zero-order valence-corrected chi connectivity index (χ0v) is 12.1. The van der Waals surface area contributed by atoms with Gasteiger partial charge in [-0.25, -0.2) is 0 Å². The molecular weight excluding hydrogens is 266 g/mol. The average Bonchev–Trinajstić information content (AvgIpc) is 2.37. The molecule has 20 heavy (non-hydrogen) atoms. The molecule has 6 heteroatoms. The molecule has 4 nitrogen and oxygen atoms in total. The molecule has 0 radical (unpaired) electrons. The van der Waals surface area contributed by atoms with Gasteiger partial charge in [-0.2, -0.15) is 8.78 Å². The first-order chi connectivity index (χ1) is 9.31. The van der Waals surface area contributed by atoms with Crippen LogP contribution >= 0.6 is 0 Å². The van der Waals surface area contributed by atoms with Gasteiger partial charge < -0.3 is 9.64 Å². The normalized spacial score (nSPS) is 13.9. The largest absolute Gasteiger partial charge is 0.435 e. The van der Waals surface area contributed by atoms with Crippen molar-refractivity contribution >= 4 is 5.91 Å². The molecule has 0 spiro atoms.